The average molecular weight is 226 g/mol. The van der Waals surface area contributed by atoms with Crippen molar-refractivity contribution in [3.8, 4) is 0 Å². The number of nitrogens with zero attached hydrogens (tertiary/aromatic N) is 1. The van der Waals surface area contributed by atoms with Gasteiger partial charge in [0.1, 0.15) is 0 Å². The van der Waals surface area contributed by atoms with Crippen molar-refractivity contribution in [2.45, 2.75) is 50.6 Å². The maximum atomic E-state index is 6.05. The van der Waals surface area contributed by atoms with Gasteiger partial charge in [-0.1, -0.05) is 6.92 Å². The van der Waals surface area contributed by atoms with Crippen molar-refractivity contribution in [3.63, 3.8) is 0 Å². The van der Waals surface area contributed by atoms with Gasteiger partial charge in [-0.15, -0.1) is 0 Å². The molecule has 2 aliphatic carbocycles. The molecule has 2 saturated carbocycles. The third-order valence-corrected chi connectivity index (χ3v) is 4.20. The molecule has 2 N–H and O–H groups in total. The normalized spacial score (nSPS) is 24.8. The summed E-state index contributed by atoms with van der Waals surface area (Å²) >= 11 is 0. The molecule has 2 fully saturated rings. The summed E-state index contributed by atoms with van der Waals surface area (Å²) in [6.45, 7) is 5.00. The van der Waals surface area contributed by atoms with E-state index in [1.165, 1.54) is 32.2 Å². The fraction of sp³-hybridized carbons (Fsp3) is 1.00. The Kier molecular flexibility index (Phi) is 3.88. The van der Waals surface area contributed by atoms with E-state index in [1.807, 2.05) is 0 Å². The lowest BCUT2D eigenvalue weighted by molar-refractivity contribution is 0.00322. The van der Waals surface area contributed by atoms with Crippen LogP contribution in [0.1, 0.15) is 39.0 Å². The molecule has 0 aromatic rings. The Balaban J connectivity index is 2.05. The molecule has 0 aliphatic heterocycles. The second-order valence-corrected chi connectivity index (χ2v) is 5.54. The highest BCUT2D eigenvalue weighted by atomic mass is 16.5. The summed E-state index contributed by atoms with van der Waals surface area (Å²) in [5.41, 5.74) is 6.14. The van der Waals surface area contributed by atoms with Crippen molar-refractivity contribution < 1.29 is 4.74 Å². The van der Waals surface area contributed by atoms with E-state index in [0.29, 0.717) is 0 Å². The molecule has 3 nitrogen and oxygen atoms in total. The van der Waals surface area contributed by atoms with E-state index in [0.717, 1.165) is 31.5 Å². The Morgan fingerprint density at radius 3 is 2.38 bits per heavy atom. The summed E-state index contributed by atoms with van der Waals surface area (Å²) in [7, 11) is 1.79. The number of ether oxygens (including phenoxy) is 1. The third kappa shape index (κ3) is 2.58. The Hall–Kier alpha value is -0.120. The standard InChI is InChI=1S/C13H26N2O/c1-3-13(9-14,10-16-2)15(12-6-7-12)8-11-4-5-11/h11-12H,3-10,14H2,1-2H3. The molecule has 0 amide bonds. The van der Waals surface area contributed by atoms with Gasteiger partial charge >= 0.3 is 0 Å². The number of hydrogen-bond donors (Lipinski definition) is 1. The molecule has 3 heteroatoms. The predicted molar refractivity (Wildman–Crippen MR) is 66.4 cm³/mol. The van der Waals surface area contributed by atoms with Gasteiger partial charge in [0.2, 0.25) is 0 Å². The van der Waals surface area contributed by atoms with Crippen LogP contribution in [0.15, 0.2) is 0 Å². The Morgan fingerprint density at radius 2 is 2.00 bits per heavy atom. The monoisotopic (exact) mass is 226 g/mol. The lowest BCUT2D eigenvalue weighted by Crippen LogP contribution is -2.58. The van der Waals surface area contributed by atoms with Crippen LogP contribution in [-0.2, 0) is 4.74 Å². The second-order valence-electron chi connectivity index (χ2n) is 5.54. The summed E-state index contributed by atoms with van der Waals surface area (Å²) in [5, 5.41) is 0. The largest absolute Gasteiger partial charge is 0.383 e. The van der Waals surface area contributed by atoms with Crippen molar-refractivity contribution in [1.29, 1.82) is 0 Å². The van der Waals surface area contributed by atoms with E-state index in [-0.39, 0.29) is 5.54 Å². The first-order valence-electron chi connectivity index (χ1n) is 6.71. The van der Waals surface area contributed by atoms with Crippen LogP contribution < -0.4 is 5.73 Å². The lowest BCUT2D eigenvalue weighted by Gasteiger charge is -2.43. The zero-order valence-electron chi connectivity index (χ0n) is 10.7. The van der Waals surface area contributed by atoms with E-state index in [9.17, 15) is 0 Å². The topological polar surface area (TPSA) is 38.5 Å². The van der Waals surface area contributed by atoms with Gasteiger partial charge < -0.3 is 10.5 Å². The molecule has 0 aromatic carbocycles. The Labute approximate surface area is 99.3 Å². The molecule has 0 saturated heterocycles. The van der Waals surface area contributed by atoms with Gasteiger partial charge in [0.25, 0.3) is 0 Å². The summed E-state index contributed by atoms with van der Waals surface area (Å²) in [5.74, 6) is 0.940. The van der Waals surface area contributed by atoms with E-state index in [1.54, 1.807) is 7.11 Å². The van der Waals surface area contributed by atoms with E-state index < -0.39 is 0 Å². The van der Waals surface area contributed by atoms with Crippen LogP contribution in [0.4, 0.5) is 0 Å². The second kappa shape index (κ2) is 5.03. The summed E-state index contributed by atoms with van der Waals surface area (Å²) < 4.78 is 5.43. The van der Waals surface area contributed by atoms with Crippen molar-refractivity contribution in [2.24, 2.45) is 11.7 Å². The Morgan fingerprint density at radius 1 is 1.31 bits per heavy atom. The highest BCUT2D eigenvalue weighted by Gasteiger charge is 2.44. The van der Waals surface area contributed by atoms with Gasteiger partial charge in [-0.05, 0) is 38.0 Å². The molecular weight excluding hydrogens is 200 g/mol. The van der Waals surface area contributed by atoms with Gasteiger partial charge in [-0.2, -0.15) is 0 Å². The van der Waals surface area contributed by atoms with Gasteiger partial charge in [-0.3, -0.25) is 4.90 Å². The number of nitrogens with two attached hydrogens (primary N) is 1. The molecule has 2 aliphatic rings. The van der Waals surface area contributed by atoms with Gasteiger partial charge in [-0.25, -0.2) is 0 Å². The van der Waals surface area contributed by atoms with Crippen LogP contribution in [-0.4, -0.2) is 43.3 Å². The molecule has 0 heterocycles. The van der Waals surface area contributed by atoms with Gasteiger partial charge in [0.05, 0.1) is 12.1 Å². The maximum Gasteiger partial charge on any atom is 0.0659 e. The van der Waals surface area contributed by atoms with E-state index in [4.69, 9.17) is 10.5 Å². The zero-order chi connectivity index (χ0) is 11.6. The molecular formula is C13H26N2O. The first-order chi connectivity index (χ1) is 7.75. The minimum Gasteiger partial charge on any atom is -0.383 e. The SMILES string of the molecule is CCC(CN)(COC)N(CC1CC1)C1CC1. The molecule has 1 unspecified atom stereocenters. The average Bonchev–Trinajstić information content (AvgIpc) is 3.17. The Bertz CT molecular complexity index is 220. The van der Waals surface area contributed by atoms with Crippen molar-refractivity contribution in [2.75, 3.05) is 26.8 Å². The molecule has 1 atom stereocenters. The number of hydrogen-bond acceptors (Lipinski definition) is 3. The number of methoxy groups -OCH3 is 1. The highest BCUT2D eigenvalue weighted by Crippen LogP contribution is 2.39. The fourth-order valence-electron chi connectivity index (χ4n) is 2.67. The van der Waals surface area contributed by atoms with E-state index >= 15 is 0 Å². The molecule has 0 spiro atoms. The predicted octanol–water partition coefficient (Wildman–Crippen LogP) is 1.61. The van der Waals surface area contributed by atoms with Crippen molar-refractivity contribution in [1.82, 2.24) is 4.90 Å². The van der Waals surface area contributed by atoms with Crippen LogP contribution in [0.5, 0.6) is 0 Å². The van der Waals surface area contributed by atoms with Crippen LogP contribution in [0.2, 0.25) is 0 Å². The molecule has 0 aromatic heterocycles. The molecule has 0 radical (unpaired) electrons. The quantitative estimate of drug-likeness (QED) is 0.683. The smallest absolute Gasteiger partial charge is 0.0659 e. The molecule has 94 valence electrons. The lowest BCUT2D eigenvalue weighted by atomic mass is 9.93. The molecule has 2 rings (SSSR count). The van der Waals surface area contributed by atoms with Gasteiger partial charge in [0.15, 0.2) is 0 Å². The zero-order valence-corrected chi connectivity index (χ0v) is 10.7. The van der Waals surface area contributed by atoms with Gasteiger partial charge in [0, 0.05) is 26.2 Å². The van der Waals surface area contributed by atoms with Crippen molar-refractivity contribution >= 4 is 0 Å². The summed E-state index contributed by atoms with van der Waals surface area (Å²) in [4.78, 5) is 2.67. The molecule has 16 heavy (non-hydrogen) atoms. The van der Waals surface area contributed by atoms with Crippen LogP contribution in [0, 0.1) is 5.92 Å². The fourth-order valence-corrected chi connectivity index (χ4v) is 2.67. The third-order valence-electron chi connectivity index (χ3n) is 4.20. The first-order valence-corrected chi connectivity index (χ1v) is 6.71. The van der Waals surface area contributed by atoms with E-state index in [2.05, 4.69) is 11.8 Å². The molecule has 0 bridgehead atoms. The minimum absolute atomic E-state index is 0.0957. The van der Waals surface area contributed by atoms with Crippen LogP contribution in [0.25, 0.3) is 0 Å². The highest BCUT2D eigenvalue weighted by molar-refractivity contribution is 5.00. The maximum absolute atomic E-state index is 6.05. The summed E-state index contributed by atoms with van der Waals surface area (Å²) in [6.07, 6.45) is 6.65. The minimum atomic E-state index is 0.0957. The van der Waals surface area contributed by atoms with Crippen LogP contribution in [0.3, 0.4) is 0 Å². The van der Waals surface area contributed by atoms with Crippen LogP contribution >= 0.6 is 0 Å². The number of rotatable bonds is 8. The van der Waals surface area contributed by atoms with Crippen molar-refractivity contribution in [3.05, 3.63) is 0 Å². The first kappa shape index (κ1) is 12.3. The summed E-state index contributed by atoms with van der Waals surface area (Å²) in [6, 6.07) is 0.791.